The Balaban J connectivity index is 1.81. The largest absolute Gasteiger partial charge is 0.330 e. The number of rotatable bonds is 2. The van der Waals surface area contributed by atoms with Crippen LogP contribution >= 0.6 is 0 Å². The highest BCUT2D eigenvalue weighted by Crippen LogP contribution is 2.23. The number of benzene rings is 2. The van der Waals surface area contributed by atoms with Gasteiger partial charge in [0.25, 0.3) is 5.91 Å². The Hall–Kier alpha value is -2.09. The average Bonchev–Trinajstić information content (AvgIpc) is 2.70. The van der Waals surface area contributed by atoms with E-state index in [-0.39, 0.29) is 5.91 Å². The van der Waals surface area contributed by atoms with Crippen LogP contribution < -0.4 is 0 Å². The van der Waals surface area contributed by atoms with Gasteiger partial charge in [-0.1, -0.05) is 48.0 Å². The van der Waals surface area contributed by atoms with Gasteiger partial charge in [-0.3, -0.25) is 4.79 Å². The summed E-state index contributed by atoms with van der Waals surface area (Å²) in [6.45, 7) is 3.48. The molecule has 1 heterocycles. The second kappa shape index (κ2) is 4.30. The van der Waals surface area contributed by atoms with Crippen LogP contribution in [0.2, 0.25) is 0 Å². The molecule has 0 N–H and O–H groups in total. The molecule has 0 saturated heterocycles. The minimum atomic E-state index is 0.145. The standard InChI is InChI=1S/C16H15NO/c1-12-6-8-13(9-7-12)10-17-11-14-4-2-3-5-15(14)16(17)18/h2-9H,10-11H2,1H3. The summed E-state index contributed by atoms with van der Waals surface area (Å²) in [5, 5.41) is 0. The van der Waals surface area contributed by atoms with Crippen LogP contribution in [0.1, 0.15) is 27.0 Å². The van der Waals surface area contributed by atoms with Crippen molar-refractivity contribution in [1.82, 2.24) is 4.90 Å². The summed E-state index contributed by atoms with van der Waals surface area (Å²) in [4.78, 5) is 14.1. The van der Waals surface area contributed by atoms with Crippen molar-refractivity contribution in [3.8, 4) is 0 Å². The van der Waals surface area contributed by atoms with Crippen molar-refractivity contribution in [3.63, 3.8) is 0 Å². The molecule has 0 spiro atoms. The topological polar surface area (TPSA) is 20.3 Å². The van der Waals surface area contributed by atoms with E-state index in [4.69, 9.17) is 0 Å². The zero-order chi connectivity index (χ0) is 12.5. The highest BCUT2D eigenvalue weighted by atomic mass is 16.2. The Morgan fingerprint density at radius 3 is 2.50 bits per heavy atom. The molecule has 0 radical (unpaired) electrons. The first-order valence-electron chi connectivity index (χ1n) is 6.17. The lowest BCUT2D eigenvalue weighted by Crippen LogP contribution is -2.23. The first-order chi connectivity index (χ1) is 8.74. The predicted molar refractivity (Wildman–Crippen MR) is 71.2 cm³/mol. The Morgan fingerprint density at radius 2 is 1.78 bits per heavy atom. The Bertz CT molecular complexity index is 586. The predicted octanol–water partition coefficient (Wildman–Crippen LogP) is 3.15. The lowest BCUT2D eigenvalue weighted by Gasteiger charge is -2.15. The smallest absolute Gasteiger partial charge is 0.254 e. The maximum absolute atomic E-state index is 12.2. The van der Waals surface area contributed by atoms with Crippen LogP contribution in [0.4, 0.5) is 0 Å². The highest BCUT2D eigenvalue weighted by molar-refractivity contribution is 5.98. The van der Waals surface area contributed by atoms with E-state index < -0.39 is 0 Å². The minimum absolute atomic E-state index is 0.145. The van der Waals surface area contributed by atoms with Gasteiger partial charge in [0, 0.05) is 18.7 Å². The van der Waals surface area contributed by atoms with Crippen LogP contribution in [0.3, 0.4) is 0 Å². The maximum Gasteiger partial charge on any atom is 0.254 e. The molecule has 18 heavy (non-hydrogen) atoms. The molecular formula is C16H15NO. The molecule has 0 atom stereocenters. The van der Waals surface area contributed by atoms with Gasteiger partial charge in [0.15, 0.2) is 0 Å². The third-order valence-electron chi connectivity index (χ3n) is 3.39. The molecule has 0 fully saturated rings. The molecule has 0 aliphatic carbocycles. The van der Waals surface area contributed by atoms with Crippen molar-refractivity contribution in [2.24, 2.45) is 0 Å². The third-order valence-corrected chi connectivity index (χ3v) is 3.39. The molecule has 0 bridgehead atoms. The summed E-state index contributed by atoms with van der Waals surface area (Å²) in [5.74, 6) is 0.145. The van der Waals surface area contributed by atoms with Crippen LogP contribution in [-0.2, 0) is 13.1 Å². The number of amides is 1. The molecule has 0 unspecified atom stereocenters. The van der Waals surface area contributed by atoms with Crippen molar-refractivity contribution >= 4 is 5.91 Å². The van der Waals surface area contributed by atoms with Crippen LogP contribution in [-0.4, -0.2) is 10.8 Å². The fourth-order valence-electron chi connectivity index (χ4n) is 2.36. The molecule has 1 aliphatic heterocycles. The Kier molecular flexibility index (Phi) is 2.63. The van der Waals surface area contributed by atoms with Gasteiger partial charge in [0.2, 0.25) is 0 Å². The molecule has 0 saturated carbocycles. The zero-order valence-corrected chi connectivity index (χ0v) is 10.4. The Labute approximate surface area is 107 Å². The summed E-state index contributed by atoms with van der Waals surface area (Å²) in [6, 6.07) is 16.2. The van der Waals surface area contributed by atoms with E-state index in [0.717, 1.165) is 17.7 Å². The van der Waals surface area contributed by atoms with Gasteiger partial charge in [0.1, 0.15) is 0 Å². The molecular weight excluding hydrogens is 222 g/mol. The van der Waals surface area contributed by atoms with Crippen LogP contribution in [0.25, 0.3) is 0 Å². The van der Waals surface area contributed by atoms with Crippen molar-refractivity contribution in [3.05, 3.63) is 70.8 Å². The normalized spacial score (nSPS) is 13.8. The Morgan fingerprint density at radius 1 is 1.06 bits per heavy atom. The van der Waals surface area contributed by atoms with Gasteiger partial charge >= 0.3 is 0 Å². The maximum atomic E-state index is 12.2. The molecule has 0 aromatic heterocycles. The van der Waals surface area contributed by atoms with Gasteiger partial charge < -0.3 is 4.90 Å². The van der Waals surface area contributed by atoms with Gasteiger partial charge in [-0.05, 0) is 24.1 Å². The number of aryl methyl sites for hydroxylation is 1. The van der Waals surface area contributed by atoms with Crippen LogP contribution in [0.15, 0.2) is 48.5 Å². The second-order valence-electron chi connectivity index (χ2n) is 4.80. The van der Waals surface area contributed by atoms with Gasteiger partial charge in [-0.25, -0.2) is 0 Å². The average molecular weight is 237 g/mol. The molecule has 1 amide bonds. The van der Waals surface area contributed by atoms with Gasteiger partial charge in [-0.2, -0.15) is 0 Å². The zero-order valence-electron chi connectivity index (χ0n) is 10.4. The fraction of sp³-hybridized carbons (Fsp3) is 0.188. The second-order valence-corrected chi connectivity index (χ2v) is 4.80. The molecule has 90 valence electrons. The molecule has 2 heteroatoms. The van der Waals surface area contributed by atoms with E-state index in [1.807, 2.05) is 29.2 Å². The quantitative estimate of drug-likeness (QED) is 0.785. The SMILES string of the molecule is Cc1ccc(CN2Cc3ccccc3C2=O)cc1. The monoisotopic (exact) mass is 237 g/mol. The fourth-order valence-corrected chi connectivity index (χ4v) is 2.36. The van der Waals surface area contributed by atoms with Crippen molar-refractivity contribution < 1.29 is 4.79 Å². The van der Waals surface area contributed by atoms with E-state index in [0.29, 0.717) is 6.54 Å². The molecule has 2 aromatic carbocycles. The minimum Gasteiger partial charge on any atom is -0.330 e. The molecule has 2 nitrogen and oxygen atoms in total. The molecule has 2 aromatic rings. The number of carbonyl (C=O) groups excluding carboxylic acids is 1. The van der Waals surface area contributed by atoms with E-state index in [1.54, 1.807) is 0 Å². The number of fused-ring (bicyclic) bond motifs is 1. The van der Waals surface area contributed by atoms with E-state index >= 15 is 0 Å². The summed E-state index contributed by atoms with van der Waals surface area (Å²) < 4.78 is 0. The lowest BCUT2D eigenvalue weighted by molar-refractivity contribution is 0.0766. The van der Waals surface area contributed by atoms with Crippen molar-refractivity contribution in [2.75, 3.05) is 0 Å². The van der Waals surface area contributed by atoms with Crippen LogP contribution in [0, 0.1) is 6.92 Å². The van der Waals surface area contributed by atoms with E-state index in [9.17, 15) is 4.79 Å². The summed E-state index contributed by atoms with van der Waals surface area (Å²) in [5.41, 5.74) is 4.41. The number of hydrogen-bond donors (Lipinski definition) is 0. The highest BCUT2D eigenvalue weighted by Gasteiger charge is 2.26. The summed E-state index contributed by atoms with van der Waals surface area (Å²) >= 11 is 0. The van der Waals surface area contributed by atoms with E-state index in [1.165, 1.54) is 11.1 Å². The number of nitrogens with zero attached hydrogens (tertiary/aromatic N) is 1. The summed E-state index contributed by atoms with van der Waals surface area (Å²) in [6.07, 6.45) is 0. The van der Waals surface area contributed by atoms with Gasteiger partial charge in [0.05, 0.1) is 0 Å². The molecule has 3 rings (SSSR count). The van der Waals surface area contributed by atoms with E-state index in [2.05, 4.69) is 31.2 Å². The third kappa shape index (κ3) is 1.90. The van der Waals surface area contributed by atoms with Gasteiger partial charge in [-0.15, -0.1) is 0 Å². The lowest BCUT2D eigenvalue weighted by atomic mass is 10.1. The first kappa shape index (κ1) is 11.0. The number of carbonyl (C=O) groups is 1. The summed E-state index contributed by atoms with van der Waals surface area (Å²) in [7, 11) is 0. The number of hydrogen-bond acceptors (Lipinski definition) is 1. The first-order valence-corrected chi connectivity index (χ1v) is 6.17. The van der Waals surface area contributed by atoms with Crippen molar-refractivity contribution in [2.45, 2.75) is 20.0 Å². The molecule has 1 aliphatic rings. The van der Waals surface area contributed by atoms with Crippen LogP contribution in [0.5, 0.6) is 0 Å². The van der Waals surface area contributed by atoms with Crippen molar-refractivity contribution in [1.29, 1.82) is 0 Å².